The summed E-state index contributed by atoms with van der Waals surface area (Å²) in [5, 5.41) is 12.8. The molecule has 0 spiro atoms. The fourth-order valence-corrected chi connectivity index (χ4v) is 1.36. The lowest BCUT2D eigenvalue weighted by Gasteiger charge is -2.14. The van der Waals surface area contributed by atoms with Gasteiger partial charge >= 0.3 is 0 Å². The van der Waals surface area contributed by atoms with Crippen molar-refractivity contribution in [2.45, 2.75) is 32.4 Å². The molecule has 3 heteroatoms. The largest absolute Gasteiger partial charge is 0.391 e. The highest BCUT2D eigenvalue weighted by Gasteiger charge is 2.08. The molecule has 2 nitrogen and oxygen atoms in total. The van der Waals surface area contributed by atoms with E-state index < -0.39 is 6.10 Å². The number of benzene rings is 1. The molecule has 0 saturated carbocycles. The smallest absolute Gasteiger partial charge is 0.126 e. The first-order valence-electron chi connectivity index (χ1n) is 5.24. The van der Waals surface area contributed by atoms with Crippen LogP contribution in [0.5, 0.6) is 0 Å². The first kappa shape index (κ1) is 12.1. The summed E-state index contributed by atoms with van der Waals surface area (Å²) < 4.78 is 13.2. The molecule has 0 aliphatic heterocycles. The van der Waals surface area contributed by atoms with Crippen molar-refractivity contribution in [1.29, 1.82) is 0 Å². The number of hydrogen-bond donors (Lipinski definition) is 2. The zero-order valence-corrected chi connectivity index (χ0v) is 9.20. The minimum Gasteiger partial charge on any atom is -0.391 e. The molecule has 0 aromatic heterocycles. The van der Waals surface area contributed by atoms with Crippen molar-refractivity contribution in [3.8, 4) is 0 Å². The quantitative estimate of drug-likeness (QED) is 0.777. The third kappa shape index (κ3) is 4.40. The third-order valence-corrected chi connectivity index (χ3v) is 2.18. The second-order valence-corrected chi connectivity index (χ2v) is 4.01. The Bertz CT molecular complexity index is 301. The summed E-state index contributed by atoms with van der Waals surface area (Å²) in [5.74, 6) is -0.249. The van der Waals surface area contributed by atoms with Crippen LogP contribution in [0.2, 0.25) is 0 Å². The molecule has 1 atom stereocenters. The van der Waals surface area contributed by atoms with Gasteiger partial charge in [-0.2, -0.15) is 0 Å². The van der Waals surface area contributed by atoms with E-state index in [1.54, 1.807) is 18.2 Å². The number of nitrogens with one attached hydrogen (secondary N) is 1. The molecule has 0 saturated heterocycles. The summed E-state index contributed by atoms with van der Waals surface area (Å²) in [5.41, 5.74) is 0.565. The molecule has 0 heterocycles. The van der Waals surface area contributed by atoms with Crippen molar-refractivity contribution in [3.05, 3.63) is 35.6 Å². The maximum Gasteiger partial charge on any atom is 0.126 e. The van der Waals surface area contributed by atoms with E-state index in [0.717, 1.165) is 0 Å². The van der Waals surface area contributed by atoms with Gasteiger partial charge in [0.05, 0.1) is 6.10 Å². The van der Waals surface area contributed by atoms with Crippen molar-refractivity contribution in [1.82, 2.24) is 5.32 Å². The minimum atomic E-state index is -0.538. The summed E-state index contributed by atoms with van der Waals surface area (Å²) in [6.07, 6.45) is -0.184. The Labute approximate surface area is 90.1 Å². The van der Waals surface area contributed by atoms with Crippen LogP contribution in [-0.4, -0.2) is 23.8 Å². The number of aliphatic hydroxyl groups excluding tert-OH is 1. The normalized spacial score (nSPS) is 13.1. The Hall–Kier alpha value is -0.930. The Kier molecular flexibility index (Phi) is 4.72. The monoisotopic (exact) mass is 211 g/mol. The van der Waals surface area contributed by atoms with Crippen molar-refractivity contribution in [3.63, 3.8) is 0 Å². The predicted octanol–water partition coefficient (Wildman–Crippen LogP) is 1.73. The van der Waals surface area contributed by atoms with Crippen LogP contribution in [0, 0.1) is 5.82 Å². The van der Waals surface area contributed by atoms with Crippen LogP contribution in [0.4, 0.5) is 4.39 Å². The van der Waals surface area contributed by atoms with E-state index in [4.69, 9.17) is 0 Å². The van der Waals surface area contributed by atoms with Gasteiger partial charge in [0.1, 0.15) is 5.82 Å². The molecule has 15 heavy (non-hydrogen) atoms. The Morgan fingerprint density at radius 2 is 2.00 bits per heavy atom. The molecule has 0 bridgehead atoms. The lowest BCUT2D eigenvalue weighted by Crippen LogP contribution is -2.33. The van der Waals surface area contributed by atoms with Crippen LogP contribution >= 0.6 is 0 Å². The lowest BCUT2D eigenvalue weighted by atomic mass is 10.1. The van der Waals surface area contributed by atoms with Gasteiger partial charge in [0, 0.05) is 19.0 Å². The zero-order chi connectivity index (χ0) is 11.3. The SMILES string of the molecule is CC(C)NCC(O)Cc1ccccc1F. The first-order valence-corrected chi connectivity index (χ1v) is 5.24. The fourth-order valence-electron chi connectivity index (χ4n) is 1.36. The molecule has 0 radical (unpaired) electrons. The van der Waals surface area contributed by atoms with Crippen molar-refractivity contribution < 1.29 is 9.50 Å². The molecule has 2 N–H and O–H groups in total. The van der Waals surface area contributed by atoms with E-state index in [1.807, 2.05) is 13.8 Å². The molecule has 1 aromatic rings. The van der Waals surface area contributed by atoms with Crippen LogP contribution in [0.15, 0.2) is 24.3 Å². The van der Waals surface area contributed by atoms with Gasteiger partial charge in [-0.15, -0.1) is 0 Å². The maximum atomic E-state index is 13.2. The van der Waals surface area contributed by atoms with E-state index in [0.29, 0.717) is 24.6 Å². The van der Waals surface area contributed by atoms with Crippen molar-refractivity contribution in [2.24, 2.45) is 0 Å². The first-order chi connectivity index (χ1) is 7.09. The van der Waals surface area contributed by atoms with Crippen LogP contribution in [0.25, 0.3) is 0 Å². The highest BCUT2D eigenvalue weighted by molar-refractivity contribution is 5.18. The highest BCUT2D eigenvalue weighted by atomic mass is 19.1. The molecule has 84 valence electrons. The Morgan fingerprint density at radius 3 is 2.60 bits per heavy atom. The van der Waals surface area contributed by atoms with E-state index in [-0.39, 0.29) is 5.82 Å². The molecular weight excluding hydrogens is 193 g/mol. The van der Waals surface area contributed by atoms with Crippen LogP contribution in [0.1, 0.15) is 19.4 Å². The highest BCUT2D eigenvalue weighted by Crippen LogP contribution is 2.08. The molecule has 1 rings (SSSR count). The average molecular weight is 211 g/mol. The number of hydrogen-bond acceptors (Lipinski definition) is 2. The van der Waals surface area contributed by atoms with Crippen LogP contribution in [0.3, 0.4) is 0 Å². The minimum absolute atomic E-state index is 0.249. The van der Waals surface area contributed by atoms with Gasteiger partial charge < -0.3 is 10.4 Å². The maximum absolute atomic E-state index is 13.2. The van der Waals surface area contributed by atoms with Gasteiger partial charge in [-0.1, -0.05) is 32.0 Å². The van der Waals surface area contributed by atoms with Crippen molar-refractivity contribution >= 4 is 0 Å². The van der Waals surface area contributed by atoms with E-state index in [1.165, 1.54) is 6.07 Å². The van der Waals surface area contributed by atoms with Crippen LogP contribution < -0.4 is 5.32 Å². The Balaban J connectivity index is 2.44. The fraction of sp³-hybridized carbons (Fsp3) is 0.500. The predicted molar refractivity (Wildman–Crippen MR) is 59.2 cm³/mol. The summed E-state index contributed by atoms with van der Waals surface area (Å²) in [6, 6.07) is 6.88. The number of aliphatic hydroxyl groups is 1. The average Bonchev–Trinajstić information content (AvgIpc) is 2.18. The number of halogens is 1. The molecular formula is C12H18FNO. The van der Waals surface area contributed by atoms with Gasteiger partial charge in [-0.25, -0.2) is 4.39 Å². The van der Waals surface area contributed by atoms with E-state index in [2.05, 4.69) is 5.32 Å². The summed E-state index contributed by atoms with van der Waals surface area (Å²) in [4.78, 5) is 0. The molecule has 1 aromatic carbocycles. The topological polar surface area (TPSA) is 32.3 Å². The van der Waals surface area contributed by atoms with E-state index in [9.17, 15) is 9.50 Å². The molecule has 0 aliphatic rings. The Morgan fingerprint density at radius 1 is 1.33 bits per heavy atom. The lowest BCUT2D eigenvalue weighted by molar-refractivity contribution is 0.167. The third-order valence-electron chi connectivity index (χ3n) is 2.18. The van der Waals surface area contributed by atoms with Gasteiger partial charge in [-0.3, -0.25) is 0 Å². The molecule has 0 fully saturated rings. The molecule has 0 aliphatic carbocycles. The molecule has 1 unspecified atom stereocenters. The summed E-state index contributed by atoms with van der Waals surface area (Å²) >= 11 is 0. The second-order valence-electron chi connectivity index (χ2n) is 4.01. The second kappa shape index (κ2) is 5.83. The van der Waals surface area contributed by atoms with Gasteiger partial charge in [0.15, 0.2) is 0 Å². The van der Waals surface area contributed by atoms with Crippen molar-refractivity contribution in [2.75, 3.05) is 6.54 Å². The van der Waals surface area contributed by atoms with Gasteiger partial charge in [0.2, 0.25) is 0 Å². The summed E-state index contributed by atoms with van der Waals surface area (Å²) in [6.45, 7) is 4.51. The van der Waals surface area contributed by atoms with Crippen LogP contribution in [-0.2, 0) is 6.42 Å². The summed E-state index contributed by atoms with van der Waals surface area (Å²) in [7, 11) is 0. The number of rotatable bonds is 5. The zero-order valence-electron chi connectivity index (χ0n) is 9.20. The van der Waals surface area contributed by atoms with Gasteiger partial charge in [0.25, 0.3) is 0 Å². The van der Waals surface area contributed by atoms with E-state index >= 15 is 0 Å². The van der Waals surface area contributed by atoms with Gasteiger partial charge in [-0.05, 0) is 11.6 Å². The molecule has 0 amide bonds. The standard InChI is InChI=1S/C12H18FNO/c1-9(2)14-8-11(15)7-10-5-3-4-6-12(10)13/h3-6,9,11,14-15H,7-8H2,1-2H3.